The Bertz CT molecular complexity index is 1080. The quantitative estimate of drug-likeness (QED) is 0.319. The monoisotopic (exact) mass is 480 g/mol. The molecule has 2 N–H and O–H groups in total. The smallest absolute Gasteiger partial charge is 0.127 e. The molecule has 0 atom stereocenters. The molecule has 0 aliphatic carbocycles. The van der Waals surface area contributed by atoms with Crippen molar-refractivity contribution in [1.82, 2.24) is 0 Å². The molecule has 0 saturated heterocycles. The molecule has 0 unspecified atom stereocenters. The second-order valence-electron chi connectivity index (χ2n) is 10.9. The summed E-state index contributed by atoms with van der Waals surface area (Å²) < 4.78 is 0. The molecule has 0 bridgehead atoms. The minimum absolute atomic E-state index is 0.195. The van der Waals surface area contributed by atoms with Gasteiger partial charge in [0.05, 0.1) is 0 Å². The highest BCUT2D eigenvalue weighted by Crippen LogP contribution is 2.45. The molecule has 33 heavy (non-hydrogen) atoms. The third-order valence-electron chi connectivity index (χ3n) is 5.90. The third-order valence-corrected chi connectivity index (χ3v) is 9.10. The maximum atomic E-state index is 11.6. The molecule has 176 valence electrons. The lowest BCUT2D eigenvalue weighted by atomic mass is 9.85. The summed E-state index contributed by atoms with van der Waals surface area (Å²) >= 11 is 1.71. The fourth-order valence-corrected chi connectivity index (χ4v) is 7.14. The van der Waals surface area contributed by atoms with E-state index in [0.717, 1.165) is 38.2 Å². The molecule has 2 nitrogen and oxygen atoms in total. The minimum atomic E-state index is -1.17. The zero-order valence-electron chi connectivity index (χ0n) is 21.4. The molecule has 0 aliphatic rings. The normalized spacial score (nSPS) is 12.4. The summed E-state index contributed by atoms with van der Waals surface area (Å²) in [6, 6.07) is 16.9. The summed E-state index contributed by atoms with van der Waals surface area (Å²) in [6.07, 6.45) is 2.07. The molecule has 0 spiro atoms. The van der Waals surface area contributed by atoms with E-state index in [9.17, 15) is 10.2 Å². The first kappa shape index (κ1) is 25.7. The van der Waals surface area contributed by atoms with Gasteiger partial charge in [-0.1, -0.05) is 65.8 Å². The standard InChI is InChI=1S/C29H37O2PS/c1-18-14-22(28(3,4)5)26(30)24(16-18)32(20-10-12-21(33-9)13-11-20)25-17-19(2)15-23(27(25)31)29(6,7)8/h10-17,30-31H,1-9H3. The van der Waals surface area contributed by atoms with Crippen molar-refractivity contribution in [3.05, 3.63) is 70.8 Å². The number of thioether (sulfide) groups is 1. The van der Waals surface area contributed by atoms with Gasteiger partial charge in [0.1, 0.15) is 11.5 Å². The Balaban J connectivity index is 2.40. The van der Waals surface area contributed by atoms with Crippen molar-refractivity contribution in [3.8, 4) is 11.5 Å². The minimum Gasteiger partial charge on any atom is -0.507 e. The van der Waals surface area contributed by atoms with Gasteiger partial charge in [0.15, 0.2) is 0 Å². The van der Waals surface area contributed by atoms with Gasteiger partial charge in [-0.25, -0.2) is 0 Å². The van der Waals surface area contributed by atoms with Gasteiger partial charge < -0.3 is 10.2 Å². The zero-order chi connectivity index (χ0) is 24.7. The molecule has 0 aliphatic heterocycles. The Morgan fingerprint density at radius 3 is 1.39 bits per heavy atom. The zero-order valence-corrected chi connectivity index (χ0v) is 23.1. The van der Waals surface area contributed by atoms with Crippen molar-refractivity contribution in [2.45, 2.75) is 71.1 Å². The molecule has 0 radical (unpaired) electrons. The highest BCUT2D eigenvalue weighted by Gasteiger charge is 2.30. The van der Waals surface area contributed by atoms with Crippen molar-refractivity contribution < 1.29 is 10.2 Å². The molecular formula is C29H37O2PS. The summed E-state index contributed by atoms with van der Waals surface area (Å²) in [6.45, 7) is 16.9. The van der Waals surface area contributed by atoms with Crippen LogP contribution in [0.15, 0.2) is 53.4 Å². The topological polar surface area (TPSA) is 40.5 Å². The van der Waals surface area contributed by atoms with Gasteiger partial charge in [0.2, 0.25) is 0 Å². The van der Waals surface area contributed by atoms with Crippen molar-refractivity contribution in [1.29, 1.82) is 0 Å². The first-order valence-electron chi connectivity index (χ1n) is 11.4. The molecule has 4 heteroatoms. The van der Waals surface area contributed by atoms with E-state index in [-0.39, 0.29) is 10.8 Å². The van der Waals surface area contributed by atoms with Crippen molar-refractivity contribution in [3.63, 3.8) is 0 Å². The SMILES string of the molecule is CSc1ccc(P(c2cc(C)cc(C(C)(C)C)c2O)c2cc(C)cc(C(C)(C)C)c2O)cc1. The predicted molar refractivity (Wildman–Crippen MR) is 147 cm³/mol. The van der Waals surface area contributed by atoms with E-state index in [1.54, 1.807) is 11.8 Å². The molecule has 0 amide bonds. The van der Waals surface area contributed by atoms with Crippen LogP contribution in [0.2, 0.25) is 0 Å². The second kappa shape index (κ2) is 9.35. The van der Waals surface area contributed by atoms with Gasteiger partial charge in [-0.05, 0) is 79.6 Å². The maximum Gasteiger partial charge on any atom is 0.127 e. The third kappa shape index (κ3) is 5.42. The molecule has 0 aromatic heterocycles. The van der Waals surface area contributed by atoms with Gasteiger partial charge in [0.25, 0.3) is 0 Å². The van der Waals surface area contributed by atoms with Gasteiger partial charge in [-0.3, -0.25) is 0 Å². The number of aromatic hydroxyl groups is 2. The number of hydrogen-bond acceptors (Lipinski definition) is 3. The summed E-state index contributed by atoms with van der Waals surface area (Å²) in [5.41, 5.74) is 3.72. The van der Waals surface area contributed by atoms with Crippen LogP contribution in [0, 0.1) is 13.8 Å². The molecule has 3 rings (SSSR count). The van der Waals surface area contributed by atoms with Crippen LogP contribution in [0.5, 0.6) is 11.5 Å². The highest BCUT2D eigenvalue weighted by atomic mass is 32.2. The van der Waals surface area contributed by atoms with Crippen LogP contribution >= 0.6 is 19.7 Å². The van der Waals surface area contributed by atoms with Crippen molar-refractivity contribution in [2.75, 3.05) is 6.26 Å². The number of phenols is 2. The number of phenolic OH excluding ortho intramolecular Hbond substituents is 2. The Morgan fingerprint density at radius 1 is 0.667 bits per heavy atom. The molecule has 0 fully saturated rings. The van der Waals surface area contributed by atoms with Gasteiger partial charge in [-0.15, -0.1) is 11.8 Å². The molecular weight excluding hydrogens is 443 g/mol. The van der Waals surface area contributed by atoms with Gasteiger partial charge >= 0.3 is 0 Å². The first-order chi connectivity index (χ1) is 15.2. The van der Waals surface area contributed by atoms with E-state index in [1.165, 1.54) is 4.90 Å². The molecule has 3 aromatic rings. The number of benzene rings is 3. The van der Waals surface area contributed by atoms with E-state index >= 15 is 0 Å². The van der Waals surface area contributed by atoms with E-state index < -0.39 is 7.92 Å². The average molecular weight is 481 g/mol. The Hall–Kier alpha value is -1.96. The summed E-state index contributed by atoms with van der Waals surface area (Å²) in [7, 11) is -1.17. The summed E-state index contributed by atoms with van der Waals surface area (Å²) in [5, 5.41) is 26.0. The highest BCUT2D eigenvalue weighted by molar-refractivity contribution is 7.98. The summed E-state index contributed by atoms with van der Waals surface area (Å²) in [5.74, 6) is 0.678. The lowest BCUT2D eigenvalue weighted by molar-refractivity contribution is 0.450. The lowest BCUT2D eigenvalue weighted by Crippen LogP contribution is -2.26. The van der Waals surface area contributed by atoms with E-state index in [2.05, 4.69) is 110 Å². The predicted octanol–water partition coefficient (Wildman–Crippen LogP) is 6.79. The summed E-state index contributed by atoms with van der Waals surface area (Å²) in [4.78, 5) is 1.20. The van der Waals surface area contributed by atoms with Crippen LogP contribution in [-0.4, -0.2) is 16.5 Å². The Kier molecular flexibility index (Phi) is 7.27. The number of rotatable bonds is 4. The van der Waals surface area contributed by atoms with E-state index in [1.807, 2.05) is 0 Å². The fraction of sp³-hybridized carbons (Fsp3) is 0.379. The average Bonchev–Trinajstić information content (AvgIpc) is 2.71. The van der Waals surface area contributed by atoms with Crippen LogP contribution in [0.4, 0.5) is 0 Å². The van der Waals surface area contributed by atoms with Crippen LogP contribution in [0.3, 0.4) is 0 Å². The van der Waals surface area contributed by atoms with Crippen LogP contribution in [0.25, 0.3) is 0 Å². The van der Waals surface area contributed by atoms with Crippen LogP contribution in [-0.2, 0) is 10.8 Å². The lowest BCUT2D eigenvalue weighted by Gasteiger charge is -2.29. The maximum absolute atomic E-state index is 11.6. The fourth-order valence-electron chi connectivity index (χ4n) is 4.14. The number of hydrogen-bond donors (Lipinski definition) is 2. The molecule has 0 heterocycles. The second-order valence-corrected chi connectivity index (χ2v) is 13.9. The largest absolute Gasteiger partial charge is 0.507 e. The van der Waals surface area contributed by atoms with Gasteiger partial charge in [0, 0.05) is 26.6 Å². The molecule has 0 saturated carbocycles. The van der Waals surface area contributed by atoms with Crippen molar-refractivity contribution in [2.24, 2.45) is 0 Å². The van der Waals surface area contributed by atoms with E-state index in [4.69, 9.17) is 0 Å². The number of aryl methyl sites for hydroxylation is 2. The van der Waals surface area contributed by atoms with Gasteiger partial charge in [-0.2, -0.15) is 0 Å². The Morgan fingerprint density at radius 2 is 1.06 bits per heavy atom. The van der Waals surface area contributed by atoms with Crippen LogP contribution < -0.4 is 15.9 Å². The first-order valence-corrected chi connectivity index (χ1v) is 13.9. The van der Waals surface area contributed by atoms with E-state index in [0.29, 0.717) is 11.5 Å². The van der Waals surface area contributed by atoms with Crippen molar-refractivity contribution >= 4 is 35.6 Å². The molecule has 3 aromatic carbocycles. The Labute approximate surface area is 205 Å². The van der Waals surface area contributed by atoms with Crippen LogP contribution in [0.1, 0.15) is 63.8 Å².